The van der Waals surface area contributed by atoms with Gasteiger partial charge in [0.1, 0.15) is 13.2 Å². The van der Waals surface area contributed by atoms with Crippen LogP contribution in [-0.4, -0.2) is 98.7 Å². The molecule has 0 saturated heterocycles. The lowest BCUT2D eigenvalue weighted by atomic mass is 10.5. The molecule has 0 aliphatic rings. The molecule has 2 amide bonds. The Morgan fingerprint density at radius 1 is 0.806 bits per heavy atom. The summed E-state index contributed by atoms with van der Waals surface area (Å²) in [6, 6.07) is 2.32. The van der Waals surface area contributed by atoms with Gasteiger partial charge < -0.3 is 44.6 Å². The van der Waals surface area contributed by atoms with E-state index in [-0.39, 0.29) is 51.4 Å². The number of nitrogens with zero attached hydrogens (tertiary/aromatic N) is 1. The highest BCUT2D eigenvalue weighted by atomic mass is 16.7. The van der Waals surface area contributed by atoms with Crippen LogP contribution >= 0.6 is 0 Å². The first-order valence-corrected chi connectivity index (χ1v) is 9.53. The first-order valence-electron chi connectivity index (χ1n) is 9.53. The van der Waals surface area contributed by atoms with Crippen LogP contribution < -0.4 is 15.5 Å². The van der Waals surface area contributed by atoms with Crippen LogP contribution in [0.5, 0.6) is 11.8 Å². The first-order chi connectivity index (χ1) is 14.9. The van der Waals surface area contributed by atoms with E-state index in [1.165, 1.54) is 6.92 Å². The second-order valence-electron chi connectivity index (χ2n) is 5.97. The molecule has 0 bridgehead atoms. The quantitative estimate of drug-likeness (QED) is 0.200. The van der Waals surface area contributed by atoms with E-state index in [0.717, 1.165) is 12.1 Å². The number of aromatic nitrogens is 1. The third kappa shape index (κ3) is 13.1. The maximum absolute atomic E-state index is 11.5. The van der Waals surface area contributed by atoms with Gasteiger partial charge in [0.05, 0.1) is 39.6 Å². The molecule has 31 heavy (non-hydrogen) atoms. The predicted octanol–water partition coefficient (Wildman–Crippen LogP) is -1.83. The van der Waals surface area contributed by atoms with Crippen molar-refractivity contribution >= 4 is 17.8 Å². The molecule has 0 atom stereocenters. The normalized spacial score (nSPS) is 10.6. The summed E-state index contributed by atoms with van der Waals surface area (Å²) in [6.07, 6.45) is 0. The minimum absolute atomic E-state index is 0.104. The molecule has 1 aromatic rings. The molecule has 0 saturated carbocycles. The van der Waals surface area contributed by atoms with Crippen molar-refractivity contribution in [3.63, 3.8) is 0 Å². The van der Waals surface area contributed by atoms with Crippen molar-refractivity contribution in [3.05, 3.63) is 12.1 Å². The van der Waals surface area contributed by atoms with Gasteiger partial charge in [-0.15, -0.1) is 4.73 Å². The molecule has 176 valence electrons. The van der Waals surface area contributed by atoms with E-state index in [0.29, 0.717) is 24.5 Å². The lowest BCUT2D eigenvalue weighted by Gasteiger charge is -2.09. The van der Waals surface area contributed by atoms with Gasteiger partial charge in [0, 0.05) is 32.1 Å². The zero-order valence-corrected chi connectivity index (χ0v) is 17.3. The van der Waals surface area contributed by atoms with Gasteiger partial charge in [-0.25, -0.2) is 4.79 Å². The lowest BCUT2D eigenvalue weighted by molar-refractivity contribution is -0.151. The van der Waals surface area contributed by atoms with Gasteiger partial charge in [0.2, 0.25) is 23.6 Å². The Morgan fingerprint density at radius 2 is 1.32 bits per heavy atom. The van der Waals surface area contributed by atoms with Gasteiger partial charge in [-0.1, -0.05) is 0 Å². The molecule has 0 fully saturated rings. The standard InChI is InChI=1S/C18H29N3O10/c1-14(22)19-4-6-27-8-10-29-12-15(23)20-5-7-28-9-11-30-13-18(26)31-21-16(24)2-3-17(21)25/h2-3,24-25H,4-13H2,1H3,(H,19,22)(H,20,23). The van der Waals surface area contributed by atoms with E-state index >= 15 is 0 Å². The van der Waals surface area contributed by atoms with Gasteiger partial charge in [0.25, 0.3) is 0 Å². The first kappa shape index (κ1) is 26.2. The highest BCUT2D eigenvalue weighted by molar-refractivity contribution is 5.77. The van der Waals surface area contributed by atoms with Crippen molar-refractivity contribution in [2.75, 3.05) is 65.9 Å². The number of amides is 2. The second-order valence-corrected chi connectivity index (χ2v) is 5.97. The number of carbonyl (C=O) groups excluding carboxylic acids is 3. The van der Waals surface area contributed by atoms with Crippen LogP contribution in [0, 0.1) is 0 Å². The largest absolute Gasteiger partial charge is 0.492 e. The molecule has 1 aromatic heterocycles. The highest BCUT2D eigenvalue weighted by Crippen LogP contribution is 2.18. The zero-order chi connectivity index (χ0) is 22.9. The average molecular weight is 447 g/mol. The van der Waals surface area contributed by atoms with Crippen molar-refractivity contribution in [2.24, 2.45) is 0 Å². The minimum atomic E-state index is -0.813. The maximum atomic E-state index is 11.5. The fourth-order valence-electron chi connectivity index (χ4n) is 2.00. The van der Waals surface area contributed by atoms with Crippen LogP contribution in [0.15, 0.2) is 12.1 Å². The van der Waals surface area contributed by atoms with E-state index < -0.39 is 24.3 Å². The highest BCUT2D eigenvalue weighted by Gasteiger charge is 2.12. The summed E-state index contributed by atoms with van der Waals surface area (Å²) in [5, 5.41) is 23.9. The molecular formula is C18H29N3O10. The molecule has 0 spiro atoms. The van der Waals surface area contributed by atoms with Crippen LogP contribution in [-0.2, 0) is 33.3 Å². The molecule has 0 aliphatic heterocycles. The number of nitrogens with one attached hydrogen (secondary N) is 2. The van der Waals surface area contributed by atoms with Crippen molar-refractivity contribution < 1.29 is 48.4 Å². The molecule has 0 aliphatic carbocycles. The number of ether oxygens (including phenoxy) is 4. The van der Waals surface area contributed by atoms with E-state index in [1.54, 1.807) is 0 Å². The fraction of sp³-hybridized carbons (Fsp3) is 0.611. The number of carbonyl (C=O) groups is 3. The number of aromatic hydroxyl groups is 2. The summed E-state index contributed by atoms with van der Waals surface area (Å²) in [6.45, 7) is 3.12. The average Bonchev–Trinajstić information content (AvgIpc) is 3.03. The van der Waals surface area contributed by atoms with Crippen LogP contribution in [0.25, 0.3) is 0 Å². The van der Waals surface area contributed by atoms with Crippen molar-refractivity contribution in [3.8, 4) is 11.8 Å². The van der Waals surface area contributed by atoms with Crippen LogP contribution in [0.3, 0.4) is 0 Å². The van der Waals surface area contributed by atoms with Gasteiger partial charge >= 0.3 is 5.97 Å². The molecule has 13 nitrogen and oxygen atoms in total. The Morgan fingerprint density at radius 3 is 1.90 bits per heavy atom. The maximum Gasteiger partial charge on any atom is 0.358 e. The van der Waals surface area contributed by atoms with E-state index in [1.807, 2.05) is 0 Å². The smallest absolute Gasteiger partial charge is 0.358 e. The molecule has 1 rings (SSSR count). The molecule has 0 unspecified atom stereocenters. The van der Waals surface area contributed by atoms with E-state index in [2.05, 4.69) is 10.6 Å². The number of hydrogen-bond acceptors (Lipinski definition) is 10. The van der Waals surface area contributed by atoms with Crippen LogP contribution in [0.4, 0.5) is 0 Å². The third-order valence-corrected chi connectivity index (χ3v) is 3.38. The topological polar surface area (TPSA) is 167 Å². The summed E-state index contributed by atoms with van der Waals surface area (Å²) in [4.78, 5) is 38.4. The summed E-state index contributed by atoms with van der Waals surface area (Å²) in [7, 11) is 0. The summed E-state index contributed by atoms with van der Waals surface area (Å²) < 4.78 is 21.2. The van der Waals surface area contributed by atoms with E-state index in [4.69, 9.17) is 23.8 Å². The zero-order valence-electron chi connectivity index (χ0n) is 17.3. The lowest BCUT2D eigenvalue weighted by Crippen LogP contribution is -2.31. The van der Waals surface area contributed by atoms with Crippen LogP contribution in [0.2, 0.25) is 0 Å². The summed E-state index contributed by atoms with van der Waals surface area (Å²) >= 11 is 0. The molecule has 1 heterocycles. The Balaban J connectivity index is 1.87. The number of hydrogen-bond donors (Lipinski definition) is 4. The van der Waals surface area contributed by atoms with Gasteiger partial charge in [0.15, 0.2) is 0 Å². The molecule has 0 radical (unpaired) electrons. The van der Waals surface area contributed by atoms with Crippen LogP contribution in [0.1, 0.15) is 6.92 Å². The predicted molar refractivity (Wildman–Crippen MR) is 104 cm³/mol. The number of rotatable bonds is 17. The molecule has 4 N–H and O–H groups in total. The van der Waals surface area contributed by atoms with Gasteiger partial charge in [-0.05, 0) is 0 Å². The molecule has 0 aromatic carbocycles. The Labute approximate surface area is 179 Å². The van der Waals surface area contributed by atoms with Gasteiger partial charge in [-0.3, -0.25) is 9.59 Å². The third-order valence-electron chi connectivity index (χ3n) is 3.38. The van der Waals surface area contributed by atoms with Crippen molar-refractivity contribution in [2.45, 2.75) is 6.92 Å². The Bertz CT molecular complexity index is 660. The summed E-state index contributed by atoms with van der Waals surface area (Å²) in [5.74, 6) is -2.07. The van der Waals surface area contributed by atoms with Gasteiger partial charge in [-0.2, -0.15) is 0 Å². The second kappa shape index (κ2) is 15.9. The van der Waals surface area contributed by atoms with Crippen molar-refractivity contribution in [1.82, 2.24) is 15.4 Å². The minimum Gasteiger partial charge on any atom is -0.492 e. The van der Waals surface area contributed by atoms with Crippen molar-refractivity contribution in [1.29, 1.82) is 0 Å². The van der Waals surface area contributed by atoms with E-state index in [9.17, 15) is 24.6 Å². The summed E-state index contributed by atoms with van der Waals surface area (Å²) in [5.41, 5.74) is 0. The molecule has 13 heteroatoms. The monoisotopic (exact) mass is 447 g/mol. The SMILES string of the molecule is CC(=O)NCCOCCOCC(=O)NCCOCCOCC(=O)On1c(O)ccc1O. The molecular weight excluding hydrogens is 418 g/mol. The fourth-order valence-corrected chi connectivity index (χ4v) is 2.00. The Hall–Kier alpha value is -2.87. The Kier molecular flexibility index (Phi) is 13.4.